The molecule has 3 aromatic rings. The molecule has 2 aliphatic rings. The van der Waals surface area contributed by atoms with Crippen molar-refractivity contribution in [2.45, 2.75) is 32.3 Å². The van der Waals surface area contributed by atoms with Crippen molar-refractivity contribution in [3.63, 3.8) is 0 Å². The molecule has 5 rings (SSSR count). The first-order valence-electron chi connectivity index (χ1n) is 12.0. The summed E-state index contributed by atoms with van der Waals surface area (Å²) < 4.78 is 5.84. The van der Waals surface area contributed by atoms with Crippen LogP contribution in [0.2, 0.25) is 0 Å². The Balaban J connectivity index is 1.28. The van der Waals surface area contributed by atoms with Crippen LogP contribution < -0.4 is 15.5 Å². The van der Waals surface area contributed by atoms with E-state index in [9.17, 15) is 9.59 Å². The number of aliphatic imine (C=N–C) groups is 1. The zero-order valence-electron chi connectivity index (χ0n) is 20.7. The van der Waals surface area contributed by atoms with Crippen LogP contribution in [-0.2, 0) is 17.9 Å². The van der Waals surface area contributed by atoms with E-state index in [2.05, 4.69) is 26.9 Å². The zero-order valence-corrected chi connectivity index (χ0v) is 20.7. The lowest BCUT2D eigenvalue weighted by Gasteiger charge is -2.36. The molecule has 3 aromatic carbocycles. The van der Waals surface area contributed by atoms with Gasteiger partial charge in [0.05, 0.1) is 6.21 Å². The molecule has 2 heterocycles. The third-order valence-electron chi connectivity index (χ3n) is 6.30. The van der Waals surface area contributed by atoms with Crippen LogP contribution in [0.25, 0.3) is 0 Å². The van der Waals surface area contributed by atoms with Crippen LogP contribution in [0.4, 0.5) is 4.79 Å². The van der Waals surface area contributed by atoms with Gasteiger partial charge in [-0.15, -0.1) is 0 Å². The van der Waals surface area contributed by atoms with Gasteiger partial charge in [-0.1, -0.05) is 60.2 Å². The van der Waals surface area contributed by atoms with Crippen LogP contribution in [0, 0.1) is 6.92 Å². The number of benzene rings is 3. The number of carbonyl (C=O) groups excluding carboxylic acids is 2. The molecule has 0 aromatic heterocycles. The number of aryl methyl sites for hydroxylation is 1. The number of likely N-dealkylation sites (N-methyl/N-ethyl adjacent to an activating group) is 1. The summed E-state index contributed by atoms with van der Waals surface area (Å²) in [6, 6.07) is 24.5. The monoisotopic (exact) mass is 496 g/mol. The fourth-order valence-corrected chi connectivity index (χ4v) is 4.35. The maximum absolute atomic E-state index is 12.8. The molecule has 2 atom stereocenters. The van der Waals surface area contributed by atoms with Crippen LogP contribution in [0.15, 0.2) is 89.0 Å². The van der Waals surface area contributed by atoms with Crippen LogP contribution in [0.1, 0.15) is 22.3 Å². The van der Waals surface area contributed by atoms with Crippen molar-refractivity contribution in [3.05, 3.63) is 101 Å². The van der Waals surface area contributed by atoms with Gasteiger partial charge in [0, 0.05) is 13.6 Å². The third-order valence-corrected chi connectivity index (χ3v) is 6.30. The van der Waals surface area contributed by atoms with Gasteiger partial charge >= 0.3 is 6.03 Å². The minimum absolute atomic E-state index is 0.378. The first kappa shape index (κ1) is 24.1. The predicted octanol–water partition coefficient (Wildman–Crippen LogP) is 3.25. The number of rotatable bonds is 7. The van der Waals surface area contributed by atoms with Crippen molar-refractivity contribution in [1.82, 2.24) is 20.5 Å². The number of amides is 3. The van der Waals surface area contributed by atoms with Gasteiger partial charge < -0.3 is 14.5 Å². The number of fused-ring (bicyclic) bond motifs is 1. The molecule has 0 saturated carbocycles. The number of guanidine groups is 1. The molecule has 37 heavy (non-hydrogen) atoms. The zero-order chi connectivity index (χ0) is 25.8. The van der Waals surface area contributed by atoms with Crippen molar-refractivity contribution in [3.8, 4) is 5.75 Å². The lowest BCUT2D eigenvalue weighted by molar-refractivity contribution is -0.127. The Hall–Kier alpha value is -4.66. The Morgan fingerprint density at radius 2 is 1.78 bits per heavy atom. The number of hydrazone groups is 1. The fraction of sp³-hybridized carbons (Fsp3) is 0.214. The molecule has 1 fully saturated rings. The maximum Gasteiger partial charge on any atom is 0.325 e. The van der Waals surface area contributed by atoms with Gasteiger partial charge in [-0.3, -0.25) is 10.1 Å². The van der Waals surface area contributed by atoms with E-state index in [4.69, 9.17) is 4.74 Å². The highest BCUT2D eigenvalue weighted by Crippen LogP contribution is 2.25. The Morgan fingerprint density at radius 1 is 1.03 bits per heavy atom. The highest BCUT2D eigenvalue weighted by molar-refractivity contribution is 6.03. The van der Waals surface area contributed by atoms with E-state index in [1.165, 1.54) is 4.90 Å². The summed E-state index contributed by atoms with van der Waals surface area (Å²) in [7, 11) is 1.63. The molecule has 0 radical (unpaired) electrons. The largest absolute Gasteiger partial charge is 0.489 e. The average molecular weight is 497 g/mol. The number of nitrogens with one attached hydrogen (secondary N) is 2. The summed E-state index contributed by atoms with van der Waals surface area (Å²) in [6.45, 7) is 2.96. The van der Waals surface area contributed by atoms with Crippen molar-refractivity contribution in [2.24, 2.45) is 10.1 Å². The van der Waals surface area contributed by atoms with Crippen LogP contribution in [-0.4, -0.2) is 53.2 Å². The first-order chi connectivity index (χ1) is 18.0. The van der Waals surface area contributed by atoms with E-state index in [1.807, 2.05) is 84.6 Å². The Bertz CT molecular complexity index is 1340. The van der Waals surface area contributed by atoms with Gasteiger partial charge in [-0.25, -0.2) is 15.2 Å². The van der Waals surface area contributed by atoms with E-state index in [1.54, 1.807) is 13.3 Å². The van der Waals surface area contributed by atoms with Crippen molar-refractivity contribution >= 4 is 24.1 Å². The smallest absolute Gasteiger partial charge is 0.325 e. The minimum Gasteiger partial charge on any atom is -0.489 e. The van der Waals surface area contributed by atoms with Crippen LogP contribution in [0.5, 0.6) is 5.75 Å². The summed E-state index contributed by atoms with van der Waals surface area (Å²) in [5.41, 5.74) is 7.10. The van der Waals surface area contributed by atoms with Crippen molar-refractivity contribution < 1.29 is 14.3 Å². The van der Waals surface area contributed by atoms with Crippen molar-refractivity contribution in [1.29, 1.82) is 0 Å². The van der Waals surface area contributed by atoms with Gasteiger partial charge in [-0.05, 0) is 47.9 Å². The van der Waals surface area contributed by atoms with Gasteiger partial charge in [0.1, 0.15) is 12.4 Å². The topological polar surface area (TPSA) is 98.6 Å². The summed E-state index contributed by atoms with van der Waals surface area (Å²) >= 11 is 0. The second-order valence-electron chi connectivity index (χ2n) is 9.05. The predicted molar refractivity (Wildman–Crippen MR) is 141 cm³/mol. The van der Waals surface area contributed by atoms with E-state index in [0.29, 0.717) is 19.1 Å². The van der Waals surface area contributed by atoms with Crippen molar-refractivity contribution in [2.75, 3.05) is 7.05 Å². The van der Waals surface area contributed by atoms with E-state index < -0.39 is 18.2 Å². The Labute approximate surface area is 215 Å². The SMILES string of the molecule is Cc1cccc(CN2C(N/N=C/c3ccc(OCc4ccccc4)cc3)=NC3C2C(=O)NC(=O)N3C)c1. The summed E-state index contributed by atoms with van der Waals surface area (Å²) in [6.07, 6.45) is 1.04. The van der Waals surface area contributed by atoms with Gasteiger partial charge in [-0.2, -0.15) is 5.10 Å². The van der Waals surface area contributed by atoms with E-state index in [-0.39, 0.29) is 5.91 Å². The number of nitrogens with zero attached hydrogens (tertiary/aromatic N) is 4. The normalized spacial score (nSPS) is 19.0. The number of imide groups is 1. The maximum atomic E-state index is 12.8. The number of urea groups is 1. The first-order valence-corrected chi connectivity index (χ1v) is 12.0. The number of ether oxygens (including phenoxy) is 1. The third kappa shape index (κ3) is 5.45. The lowest BCUT2D eigenvalue weighted by Crippen LogP contribution is -2.63. The molecule has 9 nitrogen and oxygen atoms in total. The van der Waals surface area contributed by atoms with Crippen LogP contribution in [0.3, 0.4) is 0 Å². The highest BCUT2D eigenvalue weighted by Gasteiger charge is 2.48. The standard InChI is InChI=1S/C28H28N6O3/c1-19-7-6-10-22(15-19)17-34-24-25(33(2)28(36)31-26(24)35)30-27(34)32-29-16-20-11-13-23(14-12-20)37-18-21-8-4-3-5-9-21/h3-16,24-25H,17-18H2,1-2H3,(H,30,32)(H,31,35,36)/b29-16+. The summed E-state index contributed by atoms with van der Waals surface area (Å²) in [5.74, 6) is 0.810. The fourth-order valence-electron chi connectivity index (χ4n) is 4.35. The van der Waals surface area contributed by atoms with Gasteiger partial charge in [0.2, 0.25) is 5.96 Å². The number of carbonyl (C=O) groups is 2. The average Bonchev–Trinajstić information content (AvgIpc) is 3.26. The second kappa shape index (κ2) is 10.5. The Kier molecular flexibility index (Phi) is 6.85. The summed E-state index contributed by atoms with van der Waals surface area (Å²) in [5, 5.41) is 6.77. The summed E-state index contributed by atoms with van der Waals surface area (Å²) in [4.78, 5) is 32.8. The molecule has 0 spiro atoms. The molecule has 0 bridgehead atoms. The van der Waals surface area contributed by atoms with Gasteiger partial charge in [0.15, 0.2) is 12.2 Å². The molecule has 9 heteroatoms. The van der Waals surface area contributed by atoms with Gasteiger partial charge in [0.25, 0.3) is 5.91 Å². The Morgan fingerprint density at radius 3 is 2.54 bits per heavy atom. The molecule has 2 N–H and O–H groups in total. The number of hydrogen-bond acceptors (Lipinski definition) is 7. The number of hydrogen-bond donors (Lipinski definition) is 2. The molecule has 1 saturated heterocycles. The van der Waals surface area contributed by atoms with Crippen LogP contribution >= 0.6 is 0 Å². The minimum atomic E-state index is -0.651. The molecule has 2 aliphatic heterocycles. The van der Waals surface area contributed by atoms with E-state index >= 15 is 0 Å². The second-order valence-corrected chi connectivity index (χ2v) is 9.05. The molecular weight excluding hydrogens is 468 g/mol. The molecule has 3 amide bonds. The molecular formula is C28H28N6O3. The molecule has 0 aliphatic carbocycles. The molecule has 2 unspecified atom stereocenters. The van der Waals surface area contributed by atoms with E-state index in [0.717, 1.165) is 28.0 Å². The molecule has 188 valence electrons. The lowest BCUT2D eigenvalue weighted by atomic mass is 10.1. The highest BCUT2D eigenvalue weighted by atomic mass is 16.5. The quantitative estimate of drug-likeness (QED) is 0.387.